The molecule has 0 atom stereocenters. The molecule has 0 bridgehead atoms. The summed E-state index contributed by atoms with van der Waals surface area (Å²) in [6.07, 6.45) is 8.00. The number of halogens is 1. The fourth-order valence-electron chi connectivity index (χ4n) is 5.80. The topological polar surface area (TPSA) is 85.5 Å². The number of carbonyl (C=O) groups excluding carboxylic acids is 1. The molecule has 1 fully saturated rings. The van der Waals surface area contributed by atoms with Gasteiger partial charge in [-0.25, -0.2) is 8.91 Å². The molecule has 5 rings (SSSR count). The van der Waals surface area contributed by atoms with Gasteiger partial charge in [0.1, 0.15) is 11.6 Å². The molecule has 2 aromatic heterocycles. The molecule has 0 aliphatic carbocycles. The minimum Gasteiger partial charge on any atom is -0.493 e. The fourth-order valence-corrected chi connectivity index (χ4v) is 5.80. The Bertz CT molecular complexity index is 1760. The lowest BCUT2D eigenvalue weighted by atomic mass is 9.92. The number of piperidine rings is 1. The van der Waals surface area contributed by atoms with E-state index in [9.17, 15) is 4.79 Å². The first-order valence-corrected chi connectivity index (χ1v) is 16.7. The molecule has 1 N–H and O–H groups in total. The van der Waals surface area contributed by atoms with Gasteiger partial charge >= 0.3 is 5.97 Å². The van der Waals surface area contributed by atoms with Gasteiger partial charge in [-0.05, 0) is 94.8 Å². The van der Waals surface area contributed by atoms with E-state index in [4.69, 9.17) is 24.4 Å². The lowest BCUT2D eigenvalue weighted by molar-refractivity contribution is -0.139. The van der Waals surface area contributed by atoms with Crippen LogP contribution in [0.5, 0.6) is 5.75 Å². The maximum Gasteiger partial charge on any atom is 0.310 e. The smallest absolute Gasteiger partial charge is 0.310 e. The fraction of sp³-hybridized carbons (Fsp3) is 0.400. The molecule has 0 unspecified atom stereocenters. The number of rotatable bonds is 12. The largest absolute Gasteiger partial charge is 0.493 e. The van der Waals surface area contributed by atoms with Crippen LogP contribution in [0.15, 0.2) is 80.0 Å². The van der Waals surface area contributed by atoms with E-state index in [1.807, 2.05) is 48.0 Å². The molecular formula is C40H50FN3O5. The van der Waals surface area contributed by atoms with Crippen molar-refractivity contribution < 1.29 is 28.5 Å². The first-order valence-electron chi connectivity index (χ1n) is 16.7. The number of hydrogen-bond acceptors (Lipinski definition) is 7. The summed E-state index contributed by atoms with van der Waals surface area (Å²) in [6.45, 7) is 19.3. The maximum atomic E-state index is 15.2. The third-order valence-corrected chi connectivity index (χ3v) is 8.29. The van der Waals surface area contributed by atoms with Crippen molar-refractivity contribution in [3.8, 4) is 28.1 Å². The lowest BCUT2D eigenvalue weighted by Gasteiger charge is -2.41. The van der Waals surface area contributed by atoms with Crippen LogP contribution in [0.3, 0.4) is 0 Å². The number of aliphatic hydroxyl groups is 1. The molecule has 262 valence electrons. The Balaban J connectivity index is 0.00000101. The van der Waals surface area contributed by atoms with Gasteiger partial charge in [0.15, 0.2) is 0 Å². The monoisotopic (exact) mass is 671 g/mol. The summed E-state index contributed by atoms with van der Waals surface area (Å²) in [7, 11) is 1.41. The van der Waals surface area contributed by atoms with Crippen LogP contribution in [-0.4, -0.2) is 65.3 Å². The van der Waals surface area contributed by atoms with Crippen LogP contribution in [0.2, 0.25) is 0 Å². The standard InChI is InChI=1S/C36H40FN3O4.C4H10O/c1-6-8-20-43-32-14-10-13-29(37)34(32)27-12-9-11-26(21-27)30-23-31-35(39-17-15-36(4,16-18-39)44-19-7-2)28(22-33(41)42-5)25(3)24-40(31)38-30;1-4(2,3)5/h6-7,9-14,21,23-24H,1-2,8,15-20,22H2,3-5H3;5H,1-3H3. The number of fused-ring (bicyclic) bond motifs is 1. The zero-order chi connectivity index (χ0) is 35.8. The van der Waals surface area contributed by atoms with Gasteiger partial charge in [0.2, 0.25) is 0 Å². The molecule has 0 amide bonds. The minimum absolute atomic E-state index is 0.160. The number of aryl methyl sites for hydroxylation is 1. The molecule has 1 aliphatic heterocycles. The summed E-state index contributed by atoms with van der Waals surface area (Å²) in [6, 6.07) is 14.6. The summed E-state index contributed by atoms with van der Waals surface area (Å²) >= 11 is 0. The van der Waals surface area contributed by atoms with E-state index in [1.165, 1.54) is 13.2 Å². The molecule has 4 aromatic rings. The second kappa shape index (κ2) is 16.3. The van der Waals surface area contributed by atoms with Gasteiger partial charge in [0.25, 0.3) is 0 Å². The van der Waals surface area contributed by atoms with Crippen molar-refractivity contribution in [3.05, 3.63) is 97.0 Å². The average molecular weight is 672 g/mol. The van der Waals surface area contributed by atoms with Gasteiger partial charge in [-0.1, -0.05) is 36.4 Å². The first kappa shape index (κ1) is 37.4. The number of anilines is 1. The van der Waals surface area contributed by atoms with Gasteiger partial charge in [-0.2, -0.15) is 5.10 Å². The predicted octanol–water partition coefficient (Wildman–Crippen LogP) is 8.12. The SMILES string of the molecule is C=CCCOc1cccc(F)c1-c1cccc(-c2cc3c(N4CCC(C)(OCC=C)CC4)c(CC(=O)OC)c(C)cn3n2)c1.CC(C)(C)O. The Morgan fingerprint density at radius 1 is 1.08 bits per heavy atom. The van der Waals surface area contributed by atoms with Crippen molar-refractivity contribution in [2.24, 2.45) is 0 Å². The normalized spacial score (nSPS) is 14.2. The van der Waals surface area contributed by atoms with E-state index < -0.39 is 5.60 Å². The van der Waals surface area contributed by atoms with Crippen molar-refractivity contribution >= 4 is 17.2 Å². The van der Waals surface area contributed by atoms with E-state index in [0.29, 0.717) is 36.5 Å². The zero-order valence-corrected chi connectivity index (χ0v) is 29.7. The number of carbonyl (C=O) groups is 1. The summed E-state index contributed by atoms with van der Waals surface area (Å²) in [5.41, 5.74) is 5.70. The van der Waals surface area contributed by atoms with Crippen LogP contribution in [0.4, 0.5) is 10.1 Å². The highest BCUT2D eigenvalue weighted by molar-refractivity contribution is 5.86. The van der Waals surface area contributed by atoms with E-state index in [-0.39, 0.29) is 23.8 Å². The first-order chi connectivity index (χ1) is 23.3. The lowest BCUT2D eigenvalue weighted by Crippen LogP contribution is -2.45. The molecule has 0 radical (unpaired) electrons. The van der Waals surface area contributed by atoms with E-state index in [0.717, 1.165) is 59.5 Å². The summed E-state index contributed by atoms with van der Waals surface area (Å²) in [4.78, 5) is 14.9. The number of ether oxygens (including phenoxy) is 3. The molecule has 2 aromatic carbocycles. The van der Waals surface area contributed by atoms with Gasteiger partial charge < -0.3 is 24.2 Å². The molecule has 1 saturated heterocycles. The second-order valence-corrected chi connectivity index (χ2v) is 13.6. The molecule has 3 heterocycles. The number of hydrogen-bond donors (Lipinski definition) is 1. The average Bonchev–Trinajstić information content (AvgIpc) is 3.48. The highest BCUT2D eigenvalue weighted by Gasteiger charge is 2.33. The number of methoxy groups -OCH3 is 1. The number of esters is 1. The van der Waals surface area contributed by atoms with Crippen molar-refractivity contribution in [1.82, 2.24) is 9.61 Å². The quantitative estimate of drug-likeness (QED) is 0.0925. The van der Waals surface area contributed by atoms with Crippen LogP contribution in [0.25, 0.3) is 27.9 Å². The molecule has 0 saturated carbocycles. The van der Waals surface area contributed by atoms with Gasteiger partial charge in [0, 0.05) is 24.8 Å². The Hall–Kier alpha value is -4.47. The molecular weight excluding hydrogens is 621 g/mol. The van der Waals surface area contributed by atoms with E-state index in [1.54, 1.807) is 45.1 Å². The van der Waals surface area contributed by atoms with E-state index >= 15 is 4.39 Å². The highest BCUT2D eigenvalue weighted by atomic mass is 19.1. The van der Waals surface area contributed by atoms with Crippen LogP contribution in [0, 0.1) is 12.7 Å². The number of nitrogens with zero attached hydrogens (tertiary/aromatic N) is 3. The molecule has 0 spiro atoms. The van der Waals surface area contributed by atoms with Crippen LogP contribution in [0.1, 0.15) is 58.1 Å². The van der Waals surface area contributed by atoms with Crippen LogP contribution in [-0.2, 0) is 20.7 Å². The second-order valence-electron chi connectivity index (χ2n) is 13.6. The third-order valence-electron chi connectivity index (χ3n) is 8.29. The van der Waals surface area contributed by atoms with Crippen molar-refractivity contribution in [2.45, 2.75) is 71.5 Å². The molecule has 49 heavy (non-hydrogen) atoms. The Labute approximate surface area is 289 Å². The molecule has 1 aliphatic rings. The number of benzene rings is 2. The molecule has 9 heteroatoms. The summed E-state index contributed by atoms with van der Waals surface area (Å²) in [5.74, 6) is -0.162. The van der Waals surface area contributed by atoms with Crippen molar-refractivity contribution in [2.75, 3.05) is 38.3 Å². The Kier molecular flexibility index (Phi) is 12.4. The molecule has 8 nitrogen and oxygen atoms in total. The summed E-state index contributed by atoms with van der Waals surface area (Å²) in [5, 5.41) is 13.5. The van der Waals surface area contributed by atoms with Gasteiger partial charge in [0.05, 0.1) is 60.4 Å². The number of aromatic nitrogens is 2. The Morgan fingerprint density at radius 3 is 2.41 bits per heavy atom. The van der Waals surface area contributed by atoms with E-state index in [2.05, 4.69) is 25.0 Å². The zero-order valence-electron chi connectivity index (χ0n) is 29.7. The van der Waals surface area contributed by atoms with Gasteiger partial charge in [-0.15, -0.1) is 13.2 Å². The van der Waals surface area contributed by atoms with Crippen molar-refractivity contribution in [3.63, 3.8) is 0 Å². The maximum absolute atomic E-state index is 15.2. The number of pyridine rings is 1. The predicted molar refractivity (Wildman–Crippen MR) is 195 cm³/mol. The van der Waals surface area contributed by atoms with Crippen LogP contribution < -0.4 is 9.64 Å². The minimum atomic E-state index is -0.500. The Morgan fingerprint density at radius 2 is 1.76 bits per heavy atom. The van der Waals surface area contributed by atoms with Gasteiger partial charge in [-0.3, -0.25) is 4.79 Å². The third kappa shape index (κ3) is 9.80. The van der Waals surface area contributed by atoms with Crippen molar-refractivity contribution in [1.29, 1.82) is 0 Å². The summed E-state index contributed by atoms with van der Waals surface area (Å²) < 4.78 is 34.1. The van der Waals surface area contributed by atoms with Crippen LogP contribution >= 0.6 is 0 Å². The highest BCUT2D eigenvalue weighted by Crippen LogP contribution is 2.38.